The molecule has 1 fully saturated rings. The van der Waals surface area contributed by atoms with E-state index in [1.54, 1.807) is 0 Å². The first-order chi connectivity index (χ1) is 9.79. The maximum atomic E-state index is 12.6. The van der Waals surface area contributed by atoms with E-state index < -0.39 is 0 Å². The van der Waals surface area contributed by atoms with Gasteiger partial charge in [-0.05, 0) is 31.4 Å². The van der Waals surface area contributed by atoms with E-state index in [0.29, 0.717) is 19.1 Å². The summed E-state index contributed by atoms with van der Waals surface area (Å²) in [6, 6.07) is 7.97. The molecule has 1 aliphatic heterocycles. The second-order valence-corrected chi connectivity index (χ2v) is 5.46. The Morgan fingerprint density at radius 2 is 2.05 bits per heavy atom. The van der Waals surface area contributed by atoms with Crippen molar-refractivity contribution in [1.29, 1.82) is 0 Å². The van der Waals surface area contributed by atoms with Gasteiger partial charge in [0.05, 0.1) is 18.0 Å². The Morgan fingerprint density at radius 3 is 2.70 bits per heavy atom. The van der Waals surface area contributed by atoms with Crippen LogP contribution < -0.4 is 10.6 Å². The van der Waals surface area contributed by atoms with Crippen LogP contribution >= 0.6 is 0 Å². The van der Waals surface area contributed by atoms with E-state index in [2.05, 4.69) is 10.6 Å². The van der Waals surface area contributed by atoms with Crippen LogP contribution in [0.5, 0.6) is 0 Å². The molecule has 0 saturated heterocycles. The Labute approximate surface area is 119 Å². The SMILES string of the molecule is O=C(C1CNc2ccccc2N1)N(CCO)C1CCC1. The van der Waals surface area contributed by atoms with E-state index in [4.69, 9.17) is 0 Å². The van der Waals surface area contributed by atoms with Crippen molar-refractivity contribution in [2.45, 2.75) is 31.3 Å². The largest absolute Gasteiger partial charge is 0.395 e. The zero-order chi connectivity index (χ0) is 13.9. The molecule has 0 bridgehead atoms. The molecule has 108 valence electrons. The van der Waals surface area contributed by atoms with Crippen molar-refractivity contribution >= 4 is 17.3 Å². The zero-order valence-corrected chi connectivity index (χ0v) is 11.5. The van der Waals surface area contributed by atoms with E-state index in [-0.39, 0.29) is 18.6 Å². The summed E-state index contributed by atoms with van der Waals surface area (Å²) in [6.07, 6.45) is 3.30. The van der Waals surface area contributed by atoms with Crippen molar-refractivity contribution in [3.8, 4) is 0 Å². The number of nitrogens with zero attached hydrogens (tertiary/aromatic N) is 1. The second-order valence-electron chi connectivity index (χ2n) is 5.46. The number of carbonyl (C=O) groups is 1. The summed E-state index contributed by atoms with van der Waals surface area (Å²) in [5, 5.41) is 15.8. The predicted molar refractivity (Wildman–Crippen MR) is 78.8 cm³/mol. The number of aliphatic hydroxyl groups is 1. The van der Waals surface area contributed by atoms with Gasteiger partial charge in [0.15, 0.2) is 0 Å². The molecule has 5 heteroatoms. The lowest BCUT2D eigenvalue weighted by Gasteiger charge is -2.40. The number of nitrogens with one attached hydrogen (secondary N) is 2. The van der Waals surface area contributed by atoms with Gasteiger partial charge in [0.25, 0.3) is 0 Å². The first kappa shape index (κ1) is 13.2. The molecular formula is C15H21N3O2. The van der Waals surface area contributed by atoms with Crippen LogP contribution in [0.4, 0.5) is 11.4 Å². The van der Waals surface area contributed by atoms with E-state index in [1.807, 2.05) is 29.2 Å². The Morgan fingerprint density at radius 1 is 1.30 bits per heavy atom. The van der Waals surface area contributed by atoms with Crippen molar-refractivity contribution in [2.24, 2.45) is 0 Å². The molecule has 3 rings (SSSR count). The first-order valence-corrected chi connectivity index (χ1v) is 7.30. The molecule has 1 aliphatic carbocycles. The van der Waals surface area contributed by atoms with Gasteiger partial charge in [0.1, 0.15) is 6.04 Å². The van der Waals surface area contributed by atoms with Crippen molar-refractivity contribution in [3.05, 3.63) is 24.3 Å². The molecule has 1 unspecified atom stereocenters. The number of anilines is 2. The third kappa shape index (κ3) is 2.45. The maximum absolute atomic E-state index is 12.6. The highest BCUT2D eigenvalue weighted by Gasteiger charge is 2.33. The summed E-state index contributed by atoms with van der Waals surface area (Å²) in [4.78, 5) is 14.5. The van der Waals surface area contributed by atoms with Gasteiger partial charge in [-0.1, -0.05) is 12.1 Å². The van der Waals surface area contributed by atoms with Crippen LogP contribution in [0.25, 0.3) is 0 Å². The molecule has 0 spiro atoms. The van der Waals surface area contributed by atoms with Crippen LogP contribution in [-0.2, 0) is 4.79 Å². The normalized spacial score (nSPS) is 21.1. The molecule has 0 radical (unpaired) electrons. The second kappa shape index (κ2) is 5.71. The summed E-state index contributed by atoms with van der Waals surface area (Å²) < 4.78 is 0. The third-order valence-electron chi connectivity index (χ3n) is 4.19. The fraction of sp³-hybridized carbons (Fsp3) is 0.533. The van der Waals surface area contributed by atoms with Crippen molar-refractivity contribution < 1.29 is 9.90 Å². The van der Waals surface area contributed by atoms with Gasteiger partial charge in [-0.25, -0.2) is 0 Å². The summed E-state index contributed by atoms with van der Waals surface area (Å²) in [5.74, 6) is 0.0887. The number of carbonyl (C=O) groups excluding carboxylic acids is 1. The van der Waals surface area contributed by atoms with Gasteiger partial charge in [0, 0.05) is 19.1 Å². The minimum absolute atomic E-state index is 0.0268. The minimum atomic E-state index is -0.253. The van der Waals surface area contributed by atoms with E-state index in [1.165, 1.54) is 6.42 Å². The standard InChI is InChI=1S/C15H21N3O2/c19-9-8-18(11-4-3-5-11)15(20)14-10-16-12-6-1-2-7-13(12)17-14/h1-2,6-7,11,14,16-17,19H,3-5,8-10H2. The molecule has 1 aromatic rings. The molecule has 20 heavy (non-hydrogen) atoms. The average Bonchev–Trinajstić information content (AvgIpc) is 2.43. The van der Waals surface area contributed by atoms with Crippen LogP contribution in [0.2, 0.25) is 0 Å². The zero-order valence-electron chi connectivity index (χ0n) is 11.5. The fourth-order valence-corrected chi connectivity index (χ4v) is 2.84. The fourth-order valence-electron chi connectivity index (χ4n) is 2.84. The average molecular weight is 275 g/mol. The lowest BCUT2D eigenvalue weighted by molar-refractivity contribution is -0.136. The lowest BCUT2D eigenvalue weighted by atomic mass is 9.91. The smallest absolute Gasteiger partial charge is 0.247 e. The van der Waals surface area contributed by atoms with Crippen LogP contribution in [-0.4, -0.2) is 47.7 Å². The molecule has 1 saturated carbocycles. The Balaban J connectivity index is 1.70. The Bertz CT molecular complexity index is 488. The number of fused-ring (bicyclic) bond motifs is 1. The van der Waals surface area contributed by atoms with Crippen molar-refractivity contribution in [1.82, 2.24) is 4.90 Å². The molecule has 1 heterocycles. The number of hydrogen-bond acceptors (Lipinski definition) is 4. The molecule has 1 aromatic carbocycles. The molecule has 3 N–H and O–H groups in total. The van der Waals surface area contributed by atoms with E-state index in [0.717, 1.165) is 24.2 Å². The minimum Gasteiger partial charge on any atom is -0.395 e. The number of benzene rings is 1. The summed E-state index contributed by atoms with van der Waals surface area (Å²) >= 11 is 0. The molecule has 1 atom stereocenters. The number of aliphatic hydroxyl groups excluding tert-OH is 1. The summed E-state index contributed by atoms with van der Waals surface area (Å²) in [5.41, 5.74) is 2.00. The number of para-hydroxylation sites is 2. The van der Waals surface area contributed by atoms with E-state index in [9.17, 15) is 9.90 Å². The monoisotopic (exact) mass is 275 g/mol. The highest BCUT2D eigenvalue weighted by molar-refractivity contribution is 5.89. The Kier molecular flexibility index (Phi) is 3.78. The first-order valence-electron chi connectivity index (χ1n) is 7.30. The number of amides is 1. The number of rotatable bonds is 4. The number of hydrogen-bond donors (Lipinski definition) is 3. The Hall–Kier alpha value is -1.75. The van der Waals surface area contributed by atoms with Crippen LogP contribution in [0.3, 0.4) is 0 Å². The summed E-state index contributed by atoms with van der Waals surface area (Å²) in [6.45, 7) is 1.05. The van der Waals surface area contributed by atoms with Gasteiger partial charge in [-0.15, -0.1) is 0 Å². The topological polar surface area (TPSA) is 64.6 Å². The van der Waals surface area contributed by atoms with Crippen LogP contribution in [0.1, 0.15) is 19.3 Å². The van der Waals surface area contributed by atoms with Gasteiger partial charge in [0.2, 0.25) is 5.91 Å². The molecule has 0 aromatic heterocycles. The molecule has 5 nitrogen and oxygen atoms in total. The van der Waals surface area contributed by atoms with E-state index >= 15 is 0 Å². The highest BCUT2D eigenvalue weighted by atomic mass is 16.3. The van der Waals surface area contributed by atoms with Gasteiger partial charge < -0.3 is 20.6 Å². The van der Waals surface area contributed by atoms with Gasteiger partial charge >= 0.3 is 0 Å². The van der Waals surface area contributed by atoms with Gasteiger partial charge in [-0.2, -0.15) is 0 Å². The molecule has 2 aliphatic rings. The van der Waals surface area contributed by atoms with Crippen LogP contribution in [0.15, 0.2) is 24.3 Å². The molecular weight excluding hydrogens is 254 g/mol. The molecule has 1 amide bonds. The predicted octanol–water partition coefficient (Wildman–Crippen LogP) is 1.27. The quantitative estimate of drug-likeness (QED) is 0.774. The van der Waals surface area contributed by atoms with Crippen molar-refractivity contribution in [3.63, 3.8) is 0 Å². The third-order valence-corrected chi connectivity index (χ3v) is 4.19. The van der Waals surface area contributed by atoms with Crippen molar-refractivity contribution in [2.75, 3.05) is 30.3 Å². The lowest BCUT2D eigenvalue weighted by Crippen LogP contribution is -2.54. The highest BCUT2D eigenvalue weighted by Crippen LogP contribution is 2.28. The maximum Gasteiger partial charge on any atom is 0.247 e. The van der Waals surface area contributed by atoms with Gasteiger partial charge in [-0.3, -0.25) is 4.79 Å². The summed E-state index contributed by atoms with van der Waals surface area (Å²) in [7, 11) is 0. The van der Waals surface area contributed by atoms with Crippen LogP contribution in [0, 0.1) is 0 Å².